The molecule has 2 aromatic carbocycles. The molecule has 4 aliphatic rings. The van der Waals surface area contributed by atoms with Gasteiger partial charge < -0.3 is 15.1 Å². The van der Waals surface area contributed by atoms with Gasteiger partial charge in [0.25, 0.3) is 0 Å². The minimum Gasteiger partial charge on any atom is -0.329 e. The topological polar surface area (TPSA) is 69.7 Å². The lowest BCUT2D eigenvalue weighted by Gasteiger charge is -2.44. The number of hydrogen-bond donors (Lipinski definition) is 1. The first-order chi connectivity index (χ1) is 16.3. The maximum atomic E-state index is 13.8. The summed E-state index contributed by atoms with van der Waals surface area (Å²) in [6.45, 7) is 4.97. The number of anilines is 1. The highest BCUT2D eigenvalue weighted by Gasteiger charge is 2.67. The number of benzene rings is 2. The molecule has 7 heteroatoms. The third-order valence-corrected chi connectivity index (χ3v) is 9.23. The van der Waals surface area contributed by atoms with E-state index >= 15 is 0 Å². The number of para-hydroxylation sites is 1. The molecule has 3 fully saturated rings. The first-order valence-corrected chi connectivity index (χ1v) is 12.9. The summed E-state index contributed by atoms with van der Waals surface area (Å²) >= 11 is 1.75. The SMILES string of the molecule is CC(C)(C[C@@H]1N2C(=O)[C@@H]3CCCN3C(=O)[C@@H]2C[C@]12C(=O)Nc1ccccc12)Sc1ccccc1. The van der Waals surface area contributed by atoms with Crippen molar-refractivity contribution in [1.29, 1.82) is 0 Å². The minimum atomic E-state index is -0.916. The van der Waals surface area contributed by atoms with Crippen LogP contribution in [-0.2, 0) is 19.8 Å². The summed E-state index contributed by atoms with van der Waals surface area (Å²) in [6.07, 6.45) is 2.52. The van der Waals surface area contributed by atoms with Crippen molar-refractivity contribution in [3.05, 3.63) is 60.2 Å². The smallest absolute Gasteiger partial charge is 0.246 e. The Morgan fingerprint density at radius 2 is 1.74 bits per heavy atom. The molecule has 1 spiro atoms. The Labute approximate surface area is 204 Å². The number of amides is 3. The Bertz CT molecular complexity index is 1180. The number of carbonyl (C=O) groups excluding carboxylic acids is 3. The highest BCUT2D eigenvalue weighted by Crippen LogP contribution is 2.55. The van der Waals surface area contributed by atoms with Crippen LogP contribution in [0, 0.1) is 0 Å². The lowest BCUT2D eigenvalue weighted by atomic mass is 9.72. The third kappa shape index (κ3) is 3.05. The molecule has 1 N–H and O–H groups in total. The van der Waals surface area contributed by atoms with Gasteiger partial charge in [0.05, 0.1) is 11.5 Å². The molecule has 3 saturated heterocycles. The monoisotopic (exact) mass is 475 g/mol. The normalized spacial score (nSPS) is 29.9. The Kier molecular flexibility index (Phi) is 4.86. The van der Waals surface area contributed by atoms with Gasteiger partial charge in [0.1, 0.15) is 12.1 Å². The van der Waals surface area contributed by atoms with E-state index in [9.17, 15) is 14.4 Å². The maximum absolute atomic E-state index is 13.8. The van der Waals surface area contributed by atoms with Crippen molar-refractivity contribution >= 4 is 35.2 Å². The zero-order valence-electron chi connectivity index (χ0n) is 19.5. The van der Waals surface area contributed by atoms with Crippen molar-refractivity contribution < 1.29 is 14.4 Å². The zero-order chi connectivity index (χ0) is 23.7. The van der Waals surface area contributed by atoms with Crippen LogP contribution in [0.2, 0.25) is 0 Å². The third-order valence-electron chi connectivity index (χ3n) is 8.00. The van der Waals surface area contributed by atoms with Crippen LogP contribution in [0.25, 0.3) is 0 Å². The average Bonchev–Trinajstić information content (AvgIpc) is 3.49. The van der Waals surface area contributed by atoms with Crippen LogP contribution >= 0.6 is 11.8 Å². The van der Waals surface area contributed by atoms with Crippen LogP contribution in [0.3, 0.4) is 0 Å². The van der Waals surface area contributed by atoms with Crippen molar-refractivity contribution in [2.45, 2.75) is 72.7 Å². The van der Waals surface area contributed by atoms with E-state index in [1.165, 1.54) is 0 Å². The lowest BCUT2D eigenvalue weighted by Crippen LogP contribution is -2.63. The van der Waals surface area contributed by atoms with Crippen LogP contribution in [0.4, 0.5) is 5.69 Å². The van der Waals surface area contributed by atoms with Crippen LogP contribution < -0.4 is 5.32 Å². The molecule has 6 rings (SSSR count). The molecule has 0 radical (unpaired) electrons. The van der Waals surface area contributed by atoms with Crippen molar-refractivity contribution in [1.82, 2.24) is 9.80 Å². The molecule has 0 aliphatic carbocycles. The first kappa shape index (κ1) is 21.7. The van der Waals surface area contributed by atoms with Gasteiger partial charge in [-0.1, -0.05) is 50.2 Å². The molecule has 2 aromatic rings. The van der Waals surface area contributed by atoms with E-state index in [2.05, 4.69) is 31.3 Å². The van der Waals surface area contributed by atoms with Gasteiger partial charge in [-0.3, -0.25) is 14.4 Å². The van der Waals surface area contributed by atoms with Crippen molar-refractivity contribution in [3.8, 4) is 0 Å². The summed E-state index contributed by atoms with van der Waals surface area (Å²) in [4.78, 5) is 45.9. The molecule has 0 saturated carbocycles. The number of rotatable bonds is 4. The van der Waals surface area contributed by atoms with Crippen LogP contribution in [0.1, 0.15) is 45.1 Å². The van der Waals surface area contributed by atoms with Gasteiger partial charge in [0.2, 0.25) is 17.7 Å². The zero-order valence-corrected chi connectivity index (χ0v) is 20.3. The molecule has 0 bridgehead atoms. The Balaban J connectivity index is 1.45. The second-order valence-electron chi connectivity index (χ2n) is 10.5. The summed E-state index contributed by atoms with van der Waals surface area (Å²) in [5.41, 5.74) is 0.799. The summed E-state index contributed by atoms with van der Waals surface area (Å²) < 4.78 is -0.262. The number of nitrogens with one attached hydrogen (secondary N) is 1. The maximum Gasteiger partial charge on any atom is 0.246 e. The predicted molar refractivity (Wildman–Crippen MR) is 132 cm³/mol. The molecule has 3 amide bonds. The molecule has 4 atom stereocenters. The summed E-state index contributed by atoms with van der Waals surface area (Å²) in [5.74, 6) is -0.0642. The van der Waals surface area contributed by atoms with Crippen molar-refractivity contribution in [2.24, 2.45) is 0 Å². The largest absolute Gasteiger partial charge is 0.329 e. The molecule has 176 valence electrons. The van der Waals surface area contributed by atoms with E-state index in [0.29, 0.717) is 25.8 Å². The van der Waals surface area contributed by atoms with Crippen LogP contribution in [-0.4, -0.2) is 56.9 Å². The lowest BCUT2D eigenvalue weighted by molar-refractivity contribution is -0.159. The van der Waals surface area contributed by atoms with E-state index in [1.807, 2.05) is 47.4 Å². The predicted octanol–water partition coefficient (Wildman–Crippen LogP) is 3.81. The van der Waals surface area contributed by atoms with Gasteiger partial charge in [-0.25, -0.2) is 0 Å². The van der Waals surface area contributed by atoms with Gasteiger partial charge in [-0.2, -0.15) is 0 Å². The van der Waals surface area contributed by atoms with E-state index < -0.39 is 11.5 Å². The van der Waals surface area contributed by atoms with Gasteiger partial charge in [0, 0.05) is 21.9 Å². The number of hydrogen-bond acceptors (Lipinski definition) is 4. The minimum absolute atomic E-state index is 0.00896. The van der Waals surface area contributed by atoms with Crippen LogP contribution in [0.5, 0.6) is 0 Å². The first-order valence-electron chi connectivity index (χ1n) is 12.1. The summed E-state index contributed by atoms with van der Waals surface area (Å²) in [6, 6.07) is 16.6. The number of nitrogens with zero attached hydrogens (tertiary/aromatic N) is 2. The number of carbonyl (C=O) groups is 3. The Hall–Kier alpha value is -2.80. The average molecular weight is 476 g/mol. The Morgan fingerprint density at radius 1 is 1.00 bits per heavy atom. The summed E-state index contributed by atoms with van der Waals surface area (Å²) in [5, 5.41) is 3.08. The van der Waals surface area contributed by atoms with Gasteiger partial charge in [-0.15, -0.1) is 11.8 Å². The fraction of sp³-hybridized carbons (Fsp3) is 0.444. The molecular weight excluding hydrogens is 446 g/mol. The molecular formula is C27H29N3O3S. The van der Waals surface area contributed by atoms with E-state index in [1.54, 1.807) is 16.7 Å². The highest BCUT2D eigenvalue weighted by molar-refractivity contribution is 8.00. The molecule has 6 nitrogen and oxygen atoms in total. The summed E-state index contributed by atoms with van der Waals surface area (Å²) in [7, 11) is 0. The fourth-order valence-electron chi connectivity index (χ4n) is 6.62. The standard InChI is InChI=1S/C27H29N3O3S/c1-26(2,34-17-9-4-3-5-10-17)16-22-27(18-11-6-7-12-19(18)28-25(27)33)15-21-23(31)29-14-8-13-20(29)24(32)30(21)22/h3-7,9-12,20-22H,8,13-16H2,1-2H3,(H,28,33)/t20-,21-,22-,27+/m0/s1. The molecule has 4 heterocycles. The van der Waals surface area contributed by atoms with Gasteiger partial charge >= 0.3 is 0 Å². The van der Waals surface area contributed by atoms with E-state index in [-0.39, 0.29) is 34.6 Å². The van der Waals surface area contributed by atoms with Gasteiger partial charge in [-0.05, 0) is 49.4 Å². The number of thioether (sulfide) groups is 1. The van der Waals surface area contributed by atoms with Gasteiger partial charge in [0.15, 0.2) is 0 Å². The Morgan fingerprint density at radius 3 is 2.53 bits per heavy atom. The molecule has 34 heavy (non-hydrogen) atoms. The quantitative estimate of drug-likeness (QED) is 0.683. The molecule has 0 aromatic heterocycles. The van der Waals surface area contributed by atoms with E-state index in [4.69, 9.17) is 0 Å². The fourth-order valence-corrected chi connectivity index (χ4v) is 7.79. The van der Waals surface area contributed by atoms with Crippen LogP contribution in [0.15, 0.2) is 59.5 Å². The molecule has 0 unspecified atom stereocenters. The second-order valence-corrected chi connectivity index (χ2v) is 12.3. The highest BCUT2D eigenvalue weighted by atomic mass is 32.2. The van der Waals surface area contributed by atoms with Crippen molar-refractivity contribution in [3.63, 3.8) is 0 Å². The number of piperazine rings is 1. The van der Waals surface area contributed by atoms with Crippen molar-refractivity contribution in [2.75, 3.05) is 11.9 Å². The van der Waals surface area contributed by atoms with E-state index in [0.717, 1.165) is 22.6 Å². The molecule has 4 aliphatic heterocycles. The number of fused-ring (bicyclic) bond motifs is 4. The second kappa shape index (κ2) is 7.60.